The number of rotatable bonds is 6. The van der Waals surface area contributed by atoms with Gasteiger partial charge >= 0.3 is 5.97 Å². The summed E-state index contributed by atoms with van der Waals surface area (Å²) in [6, 6.07) is 1.33. The Bertz CT molecular complexity index is 409. The number of carbonyl (C=O) groups excluding carboxylic acids is 1. The lowest BCUT2D eigenvalue weighted by Crippen LogP contribution is -2.28. The van der Waals surface area contributed by atoms with Crippen molar-refractivity contribution < 1.29 is 9.53 Å². The molecule has 0 aliphatic rings. The maximum absolute atomic E-state index is 11.5. The first kappa shape index (κ1) is 14.2. The molecule has 0 radical (unpaired) electrons. The molecular formula is C12H20N4O2. The van der Waals surface area contributed by atoms with E-state index in [1.54, 1.807) is 26.8 Å². The Hall–Kier alpha value is -1.85. The Balaban J connectivity index is 2.74. The second-order valence-electron chi connectivity index (χ2n) is 3.83. The summed E-state index contributed by atoms with van der Waals surface area (Å²) >= 11 is 0. The van der Waals surface area contributed by atoms with Gasteiger partial charge in [-0.05, 0) is 27.7 Å². The highest BCUT2D eigenvalue weighted by Gasteiger charge is 2.14. The molecule has 1 rings (SSSR count). The van der Waals surface area contributed by atoms with Gasteiger partial charge in [0, 0.05) is 12.6 Å². The van der Waals surface area contributed by atoms with E-state index in [2.05, 4.69) is 20.6 Å². The zero-order chi connectivity index (χ0) is 13.5. The van der Waals surface area contributed by atoms with E-state index in [-0.39, 0.29) is 5.97 Å². The predicted molar refractivity (Wildman–Crippen MR) is 70.7 cm³/mol. The van der Waals surface area contributed by atoms with Gasteiger partial charge in [0.25, 0.3) is 0 Å². The quantitative estimate of drug-likeness (QED) is 0.749. The molecule has 1 unspecified atom stereocenters. The molecule has 0 aromatic carbocycles. The van der Waals surface area contributed by atoms with Crippen molar-refractivity contribution in [2.24, 2.45) is 0 Å². The highest BCUT2D eigenvalue weighted by Crippen LogP contribution is 2.12. The largest absolute Gasteiger partial charge is 0.464 e. The molecule has 0 bridgehead atoms. The van der Waals surface area contributed by atoms with E-state index in [0.29, 0.717) is 18.2 Å². The zero-order valence-corrected chi connectivity index (χ0v) is 11.3. The zero-order valence-electron chi connectivity index (χ0n) is 11.3. The lowest BCUT2D eigenvalue weighted by Gasteiger charge is -2.14. The van der Waals surface area contributed by atoms with E-state index >= 15 is 0 Å². The molecule has 100 valence electrons. The van der Waals surface area contributed by atoms with Crippen LogP contribution < -0.4 is 10.6 Å². The minimum Gasteiger partial charge on any atom is -0.464 e. The summed E-state index contributed by atoms with van der Waals surface area (Å²) in [5.74, 6) is 1.70. The molecule has 1 aromatic heterocycles. The number of ether oxygens (including phenoxy) is 1. The van der Waals surface area contributed by atoms with Gasteiger partial charge < -0.3 is 15.4 Å². The van der Waals surface area contributed by atoms with Crippen molar-refractivity contribution in [3.63, 3.8) is 0 Å². The van der Waals surface area contributed by atoms with E-state index < -0.39 is 6.04 Å². The summed E-state index contributed by atoms with van der Waals surface area (Å²) in [4.78, 5) is 20.0. The number of aryl methyl sites for hydroxylation is 1. The van der Waals surface area contributed by atoms with Gasteiger partial charge in [0.15, 0.2) is 0 Å². The first-order chi connectivity index (χ1) is 8.56. The topological polar surface area (TPSA) is 76.1 Å². The van der Waals surface area contributed by atoms with Gasteiger partial charge in [0.05, 0.1) is 6.61 Å². The molecule has 6 heteroatoms. The number of hydrogen-bond acceptors (Lipinski definition) is 6. The SMILES string of the molecule is CCNc1cc(NC(C)C(=O)OCC)nc(C)n1. The van der Waals surface area contributed by atoms with Crippen LogP contribution in [-0.2, 0) is 9.53 Å². The van der Waals surface area contributed by atoms with Gasteiger partial charge in [-0.1, -0.05) is 0 Å². The van der Waals surface area contributed by atoms with Crippen molar-refractivity contribution in [1.82, 2.24) is 9.97 Å². The minimum absolute atomic E-state index is 0.293. The number of carbonyl (C=O) groups is 1. The van der Waals surface area contributed by atoms with Crippen LogP contribution in [0.15, 0.2) is 6.07 Å². The molecule has 0 fully saturated rings. The lowest BCUT2D eigenvalue weighted by atomic mass is 10.3. The van der Waals surface area contributed by atoms with Crippen LogP contribution in [0.2, 0.25) is 0 Å². The second-order valence-corrected chi connectivity index (χ2v) is 3.83. The highest BCUT2D eigenvalue weighted by molar-refractivity contribution is 5.78. The van der Waals surface area contributed by atoms with E-state index in [9.17, 15) is 4.79 Å². The first-order valence-electron chi connectivity index (χ1n) is 6.09. The number of anilines is 2. The van der Waals surface area contributed by atoms with Crippen LogP contribution in [0.4, 0.5) is 11.6 Å². The number of nitrogens with zero attached hydrogens (tertiary/aromatic N) is 2. The summed E-state index contributed by atoms with van der Waals surface area (Å²) in [6.45, 7) is 8.47. The summed E-state index contributed by atoms with van der Waals surface area (Å²) in [5, 5.41) is 6.11. The van der Waals surface area contributed by atoms with Gasteiger partial charge in [-0.3, -0.25) is 0 Å². The molecule has 1 aromatic rings. The van der Waals surface area contributed by atoms with Crippen LogP contribution >= 0.6 is 0 Å². The van der Waals surface area contributed by atoms with E-state index in [1.165, 1.54) is 0 Å². The molecule has 1 heterocycles. The minimum atomic E-state index is -0.436. The normalized spacial score (nSPS) is 11.8. The van der Waals surface area contributed by atoms with E-state index in [1.807, 2.05) is 6.92 Å². The molecule has 0 aliphatic carbocycles. The first-order valence-corrected chi connectivity index (χ1v) is 6.09. The smallest absolute Gasteiger partial charge is 0.328 e. The Morgan fingerprint density at radius 2 is 2.06 bits per heavy atom. The molecule has 0 aliphatic heterocycles. The molecule has 1 atom stereocenters. The number of aromatic nitrogens is 2. The van der Waals surface area contributed by atoms with Crippen molar-refractivity contribution in [2.75, 3.05) is 23.8 Å². The van der Waals surface area contributed by atoms with Crippen molar-refractivity contribution >= 4 is 17.6 Å². The number of hydrogen-bond donors (Lipinski definition) is 2. The van der Waals surface area contributed by atoms with E-state index in [4.69, 9.17) is 4.74 Å². The Morgan fingerprint density at radius 1 is 1.39 bits per heavy atom. The summed E-state index contributed by atoms with van der Waals surface area (Å²) in [6.07, 6.45) is 0. The Labute approximate surface area is 107 Å². The molecule has 2 N–H and O–H groups in total. The van der Waals surface area contributed by atoms with Crippen LogP contribution in [0.1, 0.15) is 26.6 Å². The second kappa shape index (κ2) is 6.78. The van der Waals surface area contributed by atoms with Gasteiger partial charge in [0.2, 0.25) is 0 Å². The highest BCUT2D eigenvalue weighted by atomic mass is 16.5. The Morgan fingerprint density at radius 3 is 2.67 bits per heavy atom. The molecule has 0 saturated carbocycles. The van der Waals surface area contributed by atoms with Gasteiger partial charge in [0.1, 0.15) is 23.5 Å². The van der Waals surface area contributed by atoms with Gasteiger partial charge in [-0.15, -0.1) is 0 Å². The standard InChI is InChI=1S/C12H20N4O2/c1-5-13-10-7-11(16-9(4)15-10)14-8(3)12(17)18-6-2/h7-8H,5-6H2,1-4H3,(H2,13,14,15,16). The monoisotopic (exact) mass is 252 g/mol. The summed E-state index contributed by atoms with van der Waals surface area (Å²) in [7, 11) is 0. The van der Waals surface area contributed by atoms with Crippen LogP contribution in [0, 0.1) is 6.92 Å². The average Bonchev–Trinajstić information content (AvgIpc) is 2.28. The molecule has 0 saturated heterocycles. The van der Waals surface area contributed by atoms with Crippen molar-refractivity contribution in [3.8, 4) is 0 Å². The molecule has 0 spiro atoms. The van der Waals surface area contributed by atoms with Crippen LogP contribution in [-0.4, -0.2) is 35.1 Å². The summed E-state index contributed by atoms with van der Waals surface area (Å²) in [5.41, 5.74) is 0. The fourth-order valence-electron chi connectivity index (χ4n) is 1.46. The lowest BCUT2D eigenvalue weighted by molar-refractivity contribution is -0.143. The van der Waals surface area contributed by atoms with Crippen LogP contribution in [0.3, 0.4) is 0 Å². The Kier molecular flexibility index (Phi) is 5.35. The number of esters is 1. The third-order valence-electron chi connectivity index (χ3n) is 2.20. The maximum Gasteiger partial charge on any atom is 0.328 e. The van der Waals surface area contributed by atoms with Crippen LogP contribution in [0.5, 0.6) is 0 Å². The molecular weight excluding hydrogens is 232 g/mol. The van der Waals surface area contributed by atoms with Gasteiger partial charge in [-0.2, -0.15) is 0 Å². The molecule has 6 nitrogen and oxygen atoms in total. The van der Waals surface area contributed by atoms with Gasteiger partial charge in [-0.25, -0.2) is 14.8 Å². The van der Waals surface area contributed by atoms with Crippen molar-refractivity contribution in [1.29, 1.82) is 0 Å². The maximum atomic E-state index is 11.5. The molecule has 18 heavy (non-hydrogen) atoms. The van der Waals surface area contributed by atoms with E-state index in [0.717, 1.165) is 12.4 Å². The third-order valence-corrected chi connectivity index (χ3v) is 2.20. The molecule has 0 amide bonds. The third kappa shape index (κ3) is 4.20. The fourth-order valence-corrected chi connectivity index (χ4v) is 1.46. The summed E-state index contributed by atoms with van der Waals surface area (Å²) < 4.78 is 4.92. The predicted octanol–water partition coefficient (Wildman–Crippen LogP) is 1.58. The van der Waals surface area contributed by atoms with Crippen LogP contribution in [0.25, 0.3) is 0 Å². The van der Waals surface area contributed by atoms with Crippen molar-refractivity contribution in [2.45, 2.75) is 33.7 Å². The fraction of sp³-hybridized carbons (Fsp3) is 0.583. The average molecular weight is 252 g/mol. The number of nitrogens with one attached hydrogen (secondary N) is 2. The van der Waals surface area contributed by atoms with Crippen molar-refractivity contribution in [3.05, 3.63) is 11.9 Å².